The van der Waals surface area contributed by atoms with Crippen molar-refractivity contribution in [3.05, 3.63) is 53.6 Å². The highest BCUT2D eigenvalue weighted by molar-refractivity contribution is 5.88. The number of halogens is 2. The SMILES string of the molecule is CCOc1ccc(-c2ccc(C(F)F)cc2)c(C=O)c1. The Kier molecular flexibility index (Phi) is 4.45. The second-order valence-corrected chi connectivity index (χ2v) is 4.22. The Labute approximate surface area is 116 Å². The van der Waals surface area contributed by atoms with Gasteiger partial charge in [0.05, 0.1) is 6.61 Å². The van der Waals surface area contributed by atoms with Gasteiger partial charge in [-0.25, -0.2) is 8.78 Å². The summed E-state index contributed by atoms with van der Waals surface area (Å²) >= 11 is 0. The van der Waals surface area contributed by atoms with Crippen molar-refractivity contribution in [1.29, 1.82) is 0 Å². The van der Waals surface area contributed by atoms with Crippen LogP contribution in [0.3, 0.4) is 0 Å². The fraction of sp³-hybridized carbons (Fsp3) is 0.188. The summed E-state index contributed by atoms with van der Waals surface area (Å²) in [6.45, 7) is 2.37. The van der Waals surface area contributed by atoms with E-state index in [9.17, 15) is 13.6 Å². The molecule has 104 valence electrons. The summed E-state index contributed by atoms with van der Waals surface area (Å²) in [5, 5.41) is 0. The second kappa shape index (κ2) is 6.28. The van der Waals surface area contributed by atoms with Crippen molar-refractivity contribution in [2.75, 3.05) is 6.61 Å². The van der Waals surface area contributed by atoms with Gasteiger partial charge in [-0.05, 0) is 36.2 Å². The minimum atomic E-state index is -2.49. The molecule has 0 N–H and O–H groups in total. The minimum Gasteiger partial charge on any atom is -0.494 e. The Morgan fingerprint density at radius 1 is 1.15 bits per heavy atom. The fourth-order valence-electron chi connectivity index (χ4n) is 1.97. The topological polar surface area (TPSA) is 26.3 Å². The molecule has 4 heteroatoms. The Morgan fingerprint density at radius 3 is 2.40 bits per heavy atom. The highest BCUT2D eigenvalue weighted by Gasteiger charge is 2.09. The molecule has 0 aliphatic heterocycles. The van der Waals surface area contributed by atoms with Gasteiger partial charge < -0.3 is 4.74 Å². The Balaban J connectivity index is 2.38. The van der Waals surface area contributed by atoms with Crippen LogP contribution in [0.25, 0.3) is 11.1 Å². The summed E-state index contributed by atoms with van der Waals surface area (Å²) in [6, 6.07) is 11.1. The van der Waals surface area contributed by atoms with E-state index in [1.807, 2.05) is 6.92 Å². The highest BCUT2D eigenvalue weighted by Crippen LogP contribution is 2.28. The molecular formula is C16H14F2O2. The number of carbonyl (C=O) groups is 1. The number of ether oxygens (including phenoxy) is 1. The minimum absolute atomic E-state index is 0.0349. The predicted octanol–water partition coefficient (Wildman–Crippen LogP) is 4.50. The van der Waals surface area contributed by atoms with Gasteiger partial charge in [0.1, 0.15) is 5.75 Å². The van der Waals surface area contributed by atoms with E-state index < -0.39 is 6.43 Å². The normalized spacial score (nSPS) is 10.6. The second-order valence-electron chi connectivity index (χ2n) is 4.22. The Hall–Kier alpha value is -2.23. The molecule has 0 aromatic heterocycles. The first-order valence-electron chi connectivity index (χ1n) is 6.26. The number of alkyl halides is 2. The lowest BCUT2D eigenvalue weighted by molar-refractivity contribution is 0.112. The molecule has 2 aromatic rings. The van der Waals surface area contributed by atoms with Crippen LogP contribution in [-0.4, -0.2) is 12.9 Å². The van der Waals surface area contributed by atoms with Crippen LogP contribution < -0.4 is 4.74 Å². The molecule has 0 radical (unpaired) electrons. The van der Waals surface area contributed by atoms with E-state index in [1.165, 1.54) is 12.1 Å². The Morgan fingerprint density at radius 2 is 1.85 bits per heavy atom. The molecule has 20 heavy (non-hydrogen) atoms. The van der Waals surface area contributed by atoms with Crippen molar-refractivity contribution in [3.8, 4) is 16.9 Å². The molecule has 0 amide bonds. The smallest absolute Gasteiger partial charge is 0.263 e. The molecule has 0 saturated carbocycles. The van der Waals surface area contributed by atoms with Gasteiger partial charge in [0.15, 0.2) is 6.29 Å². The summed E-state index contributed by atoms with van der Waals surface area (Å²) in [7, 11) is 0. The molecule has 0 aliphatic rings. The zero-order valence-electron chi connectivity index (χ0n) is 11.0. The third-order valence-electron chi connectivity index (χ3n) is 2.93. The van der Waals surface area contributed by atoms with Crippen LogP contribution in [0.5, 0.6) is 5.75 Å². The molecule has 0 atom stereocenters. The van der Waals surface area contributed by atoms with Gasteiger partial charge in [0.2, 0.25) is 0 Å². The average Bonchev–Trinajstić information content (AvgIpc) is 2.47. The molecule has 0 aliphatic carbocycles. The summed E-state index contributed by atoms with van der Waals surface area (Å²) in [5.74, 6) is 0.613. The third kappa shape index (κ3) is 3.02. The molecule has 0 spiro atoms. The molecule has 0 unspecified atom stereocenters. The van der Waals surface area contributed by atoms with Gasteiger partial charge in [-0.1, -0.05) is 24.3 Å². The van der Waals surface area contributed by atoms with Crippen molar-refractivity contribution in [1.82, 2.24) is 0 Å². The first-order chi connectivity index (χ1) is 9.65. The summed E-state index contributed by atoms with van der Waals surface area (Å²) in [4.78, 5) is 11.2. The third-order valence-corrected chi connectivity index (χ3v) is 2.93. The summed E-state index contributed by atoms with van der Waals surface area (Å²) in [6.07, 6.45) is -1.76. The van der Waals surface area contributed by atoms with E-state index >= 15 is 0 Å². The molecule has 0 heterocycles. The number of benzene rings is 2. The van der Waals surface area contributed by atoms with E-state index in [0.717, 1.165) is 11.8 Å². The van der Waals surface area contributed by atoms with Gasteiger partial charge >= 0.3 is 0 Å². The van der Waals surface area contributed by atoms with Gasteiger partial charge in [0.25, 0.3) is 6.43 Å². The van der Waals surface area contributed by atoms with E-state index in [-0.39, 0.29) is 5.56 Å². The fourth-order valence-corrected chi connectivity index (χ4v) is 1.97. The molecular weight excluding hydrogens is 262 g/mol. The van der Waals surface area contributed by atoms with E-state index in [1.54, 1.807) is 30.3 Å². The van der Waals surface area contributed by atoms with E-state index in [4.69, 9.17) is 4.74 Å². The van der Waals surface area contributed by atoms with Gasteiger partial charge in [-0.2, -0.15) is 0 Å². The standard InChI is InChI=1S/C16H14F2O2/c1-2-20-14-7-8-15(13(9-14)10-19)11-3-5-12(6-4-11)16(17)18/h3-10,16H,2H2,1H3. The molecule has 2 rings (SSSR count). The van der Waals surface area contributed by atoms with Crippen LogP contribution in [0.1, 0.15) is 29.3 Å². The lowest BCUT2D eigenvalue weighted by Crippen LogP contribution is -1.94. The molecule has 0 bridgehead atoms. The lowest BCUT2D eigenvalue weighted by Gasteiger charge is -2.09. The van der Waals surface area contributed by atoms with E-state index in [2.05, 4.69) is 0 Å². The maximum absolute atomic E-state index is 12.5. The van der Waals surface area contributed by atoms with Crippen molar-refractivity contribution in [2.45, 2.75) is 13.3 Å². The van der Waals surface area contributed by atoms with Crippen molar-refractivity contribution in [2.24, 2.45) is 0 Å². The van der Waals surface area contributed by atoms with Crippen LogP contribution >= 0.6 is 0 Å². The maximum atomic E-state index is 12.5. The van der Waals surface area contributed by atoms with Gasteiger partial charge in [0, 0.05) is 11.1 Å². The molecule has 0 fully saturated rings. The van der Waals surface area contributed by atoms with Crippen LogP contribution in [0.15, 0.2) is 42.5 Å². The first kappa shape index (κ1) is 14.2. The number of aldehydes is 1. The van der Waals surface area contributed by atoms with Crippen LogP contribution in [-0.2, 0) is 0 Å². The van der Waals surface area contributed by atoms with Crippen molar-refractivity contribution >= 4 is 6.29 Å². The largest absolute Gasteiger partial charge is 0.494 e. The van der Waals surface area contributed by atoms with Crippen LogP contribution in [0, 0.1) is 0 Å². The highest BCUT2D eigenvalue weighted by atomic mass is 19.3. The van der Waals surface area contributed by atoms with Crippen molar-refractivity contribution < 1.29 is 18.3 Å². The summed E-state index contributed by atoms with van der Waals surface area (Å²) < 4.78 is 30.4. The number of hydrogen-bond donors (Lipinski definition) is 0. The number of hydrogen-bond acceptors (Lipinski definition) is 2. The molecule has 2 aromatic carbocycles. The van der Waals surface area contributed by atoms with Crippen LogP contribution in [0.4, 0.5) is 8.78 Å². The molecule has 2 nitrogen and oxygen atoms in total. The average molecular weight is 276 g/mol. The monoisotopic (exact) mass is 276 g/mol. The van der Waals surface area contributed by atoms with Gasteiger partial charge in [-0.3, -0.25) is 4.79 Å². The maximum Gasteiger partial charge on any atom is 0.263 e. The zero-order valence-corrected chi connectivity index (χ0v) is 11.0. The van der Waals surface area contributed by atoms with Gasteiger partial charge in [-0.15, -0.1) is 0 Å². The lowest BCUT2D eigenvalue weighted by atomic mass is 9.99. The zero-order chi connectivity index (χ0) is 14.5. The summed E-state index contributed by atoms with van der Waals surface area (Å²) in [5.41, 5.74) is 1.86. The van der Waals surface area contributed by atoms with Crippen molar-refractivity contribution in [3.63, 3.8) is 0 Å². The number of rotatable bonds is 5. The predicted molar refractivity (Wildman–Crippen MR) is 73.4 cm³/mol. The molecule has 0 saturated heterocycles. The Bertz CT molecular complexity index is 592. The quantitative estimate of drug-likeness (QED) is 0.751. The first-order valence-corrected chi connectivity index (χ1v) is 6.26. The van der Waals surface area contributed by atoms with Crippen LogP contribution in [0.2, 0.25) is 0 Å². The number of carbonyl (C=O) groups excluding carboxylic acids is 1. The van der Waals surface area contributed by atoms with E-state index in [0.29, 0.717) is 23.5 Å².